The lowest BCUT2D eigenvalue weighted by Gasteiger charge is -2.08. The van der Waals surface area contributed by atoms with Crippen molar-refractivity contribution in [2.45, 2.75) is 4.21 Å². The van der Waals surface area contributed by atoms with Crippen molar-refractivity contribution in [3.05, 3.63) is 17.0 Å². The summed E-state index contributed by atoms with van der Waals surface area (Å²) < 4.78 is 25.5. The van der Waals surface area contributed by atoms with Crippen molar-refractivity contribution in [3.63, 3.8) is 0 Å². The van der Waals surface area contributed by atoms with Gasteiger partial charge in [-0.2, -0.15) is 0 Å². The number of thiophene rings is 1. The standard InChI is InChI=1S/C9H14N2O3S2/c1-10-16(13,14)9-7(4-5-15-9)8(12)6-11(2)3/h4-5,10H,6H2,1-3H3. The van der Waals surface area contributed by atoms with E-state index in [2.05, 4.69) is 4.72 Å². The van der Waals surface area contributed by atoms with Crippen LogP contribution in [0.5, 0.6) is 0 Å². The fraction of sp³-hybridized carbons (Fsp3) is 0.444. The maximum atomic E-state index is 11.8. The van der Waals surface area contributed by atoms with Crippen LogP contribution < -0.4 is 4.72 Å². The van der Waals surface area contributed by atoms with Crippen LogP contribution in [0.2, 0.25) is 0 Å². The van der Waals surface area contributed by atoms with Crippen molar-refractivity contribution in [2.24, 2.45) is 0 Å². The van der Waals surface area contributed by atoms with Crippen LogP contribution in [-0.2, 0) is 10.0 Å². The zero-order valence-electron chi connectivity index (χ0n) is 9.35. The number of Topliss-reactive ketones (excluding diaryl/α,β-unsaturated/α-hetero) is 1. The number of hydrogen-bond acceptors (Lipinski definition) is 5. The van der Waals surface area contributed by atoms with Gasteiger partial charge in [0.2, 0.25) is 0 Å². The lowest BCUT2D eigenvalue weighted by Crippen LogP contribution is -2.24. The second-order valence-corrected chi connectivity index (χ2v) is 6.49. The Morgan fingerprint density at radius 1 is 1.50 bits per heavy atom. The number of carbonyl (C=O) groups is 1. The minimum atomic E-state index is -3.54. The van der Waals surface area contributed by atoms with E-state index < -0.39 is 10.0 Å². The molecule has 0 radical (unpaired) electrons. The molecule has 0 amide bonds. The van der Waals surface area contributed by atoms with Crippen LogP contribution in [0.4, 0.5) is 0 Å². The first-order valence-corrected chi connectivity index (χ1v) is 6.93. The molecule has 0 saturated heterocycles. The van der Waals surface area contributed by atoms with Gasteiger partial charge in [0.25, 0.3) is 10.0 Å². The molecule has 0 fully saturated rings. The van der Waals surface area contributed by atoms with Gasteiger partial charge in [-0.1, -0.05) is 0 Å². The fourth-order valence-electron chi connectivity index (χ4n) is 1.18. The Kier molecular flexibility index (Phi) is 4.20. The van der Waals surface area contributed by atoms with E-state index in [-0.39, 0.29) is 22.1 Å². The van der Waals surface area contributed by atoms with Gasteiger partial charge in [0.05, 0.1) is 6.54 Å². The summed E-state index contributed by atoms with van der Waals surface area (Å²) in [6.45, 7) is 0.197. The molecule has 1 heterocycles. The summed E-state index contributed by atoms with van der Waals surface area (Å²) in [6.07, 6.45) is 0. The van der Waals surface area contributed by atoms with Crippen LogP contribution in [-0.4, -0.2) is 46.8 Å². The molecule has 0 saturated carbocycles. The molecule has 1 aromatic heterocycles. The quantitative estimate of drug-likeness (QED) is 0.780. The Labute approximate surface area is 99.1 Å². The molecule has 7 heteroatoms. The van der Waals surface area contributed by atoms with Crippen molar-refractivity contribution in [1.29, 1.82) is 0 Å². The second kappa shape index (κ2) is 5.05. The van der Waals surface area contributed by atoms with Gasteiger partial charge in [0.1, 0.15) is 4.21 Å². The lowest BCUT2D eigenvalue weighted by molar-refractivity contribution is 0.0955. The van der Waals surface area contributed by atoms with Crippen LogP contribution in [0.25, 0.3) is 0 Å². The van der Waals surface area contributed by atoms with E-state index >= 15 is 0 Å². The largest absolute Gasteiger partial charge is 0.302 e. The van der Waals surface area contributed by atoms with E-state index in [1.165, 1.54) is 7.05 Å². The zero-order valence-corrected chi connectivity index (χ0v) is 11.0. The van der Waals surface area contributed by atoms with E-state index in [9.17, 15) is 13.2 Å². The average Bonchev–Trinajstić information content (AvgIpc) is 2.65. The van der Waals surface area contributed by atoms with Gasteiger partial charge >= 0.3 is 0 Å². The number of rotatable bonds is 5. The minimum absolute atomic E-state index is 0.0850. The molecule has 16 heavy (non-hydrogen) atoms. The summed E-state index contributed by atoms with van der Waals surface area (Å²) in [6, 6.07) is 1.54. The Morgan fingerprint density at radius 3 is 2.62 bits per heavy atom. The number of likely N-dealkylation sites (N-methyl/N-ethyl adjacent to an activating group) is 1. The predicted molar refractivity (Wildman–Crippen MR) is 63.4 cm³/mol. The monoisotopic (exact) mass is 262 g/mol. The Morgan fingerprint density at radius 2 is 2.12 bits per heavy atom. The third-order valence-corrected chi connectivity index (χ3v) is 4.80. The lowest BCUT2D eigenvalue weighted by atomic mass is 10.2. The number of hydrogen-bond donors (Lipinski definition) is 1. The molecule has 90 valence electrons. The van der Waals surface area contributed by atoms with E-state index in [1.54, 1.807) is 30.4 Å². The summed E-state index contributed by atoms with van der Waals surface area (Å²) in [5.74, 6) is -0.194. The summed E-state index contributed by atoms with van der Waals surface area (Å²) in [5, 5.41) is 1.60. The Bertz CT molecular complexity index is 477. The summed E-state index contributed by atoms with van der Waals surface area (Å²) in [4.78, 5) is 13.5. The van der Waals surface area contributed by atoms with Crippen molar-refractivity contribution < 1.29 is 13.2 Å². The summed E-state index contributed by atoms with van der Waals surface area (Å²) in [7, 11) is 1.31. The first-order chi connectivity index (χ1) is 7.38. The van der Waals surface area contributed by atoms with Crippen molar-refractivity contribution in [1.82, 2.24) is 9.62 Å². The zero-order chi connectivity index (χ0) is 12.3. The maximum Gasteiger partial charge on any atom is 0.250 e. The van der Waals surface area contributed by atoms with E-state index in [1.807, 2.05) is 0 Å². The molecule has 0 aliphatic heterocycles. The highest BCUT2D eigenvalue weighted by atomic mass is 32.2. The highest BCUT2D eigenvalue weighted by Gasteiger charge is 2.22. The van der Waals surface area contributed by atoms with Gasteiger partial charge < -0.3 is 4.90 Å². The van der Waals surface area contributed by atoms with Gasteiger partial charge in [-0.05, 0) is 32.6 Å². The highest BCUT2D eigenvalue weighted by molar-refractivity contribution is 7.91. The second-order valence-electron chi connectivity index (χ2n) is 3.49. The topological polar surface area (TPSA) is 66.5 Å². The maximum absolute atomic E-state index is 11.8. The predicted octanol–water partition coefficient (Wildman–Crippen LogP) is 0.401. The molecule has 1 aromatic rings. The molecule has 0 bridgehead atoms. The van der Waals surface area contributed by atoms with Crippen LogP contribution in [0.3, 0.4) is 0 Å². The Balaban J connectivity index is 3.09. The summed E-state index contributed by atoms with van der Waals surface area (Å²) in [5.41, 5.74) is 0.257. The molecule has 1 rings (SSSR count). The van der Waals surface area contributed by atoms with Gasteiger partial charge in [-0.15, -0.1) is 11.3 Å². The summed E-state index contributed by atoms with van der Waals surface area (Å²) >= 11 is 1.05. The highest BCUT2D eigenvalue weighted by Crippen LogP contribution is 2.22. The molecule has 0 aromatic carbocycles. The molecular weight excluding hydrogens is 248 g/mol. The van der Waals surface area contributed by atoms with Crippen molar-refractivity contribution in [2.75, 3.05) is 27.7 Å². The molecule has 0 atom stereocenters. The van der Waals surface area contributed by atoms with Crippen LogP contribution in [0.1, 0.15) is 10.4 Å². The molecule has 0 unspecified atom stereocenters. The molecule has 0 aliphatic rings. The van der Waals surface area contributed by atoms with Gasteiger partial charge in [-0.3, -0.25) is 4.79 Å². The van der Waals surface area contributed by atoms with Crippen LogP contribution in [0.15, 0.2) is 15.7 Å². The smallest absolute Gasteiger partial charge is 0.250 e. The number of nitrogens with one attached hydrogen (secondary N) is 1. The molecule has 5 nitrogen and oxygen atoms in total. The minimum Gasteiger partial charge on any atom is -0.302 e. The van der Waals surface area contributed by atoms with E-state index in [4.69, 9.17) is 0 Å². The number of carbonyl (C=O) groups excluding carboxylic acids is 1. The van der Waals surface area contributed by atoms with Gasteiger partial charge in [-0.25, -0.2) is 13.1 Å². The fourth-order valence-corrected chi connectivity index (χ4v) is 3.39. The van der Waals surface area contributed by atoms with Crippen LogP contribution >= 0.6 is 11.3 Å². The molecule has 1 N–H and O–H groups in total. The third kappa shape index (κ3) is 2.88. The van der Waals surface area contributed by atoms with E-state index in [0.717, 1.165) is 11.3 Å². The molecule has 0 aliphatic carbocycles. The number of ketones is 1. The first-order valence-electron chi connectivity index (χ1n) is 4.57. The molecular formula is C9H14N2O3S2. The SMILES string of the molecule is CNS(=O)(=O)c1sccc1C(=O)CN(C)C. The van der Waals surface area contributed by atoms with Crippen molar-refractivity contribution >= 4 is 27.1 Å². The van der Waals surface area contributed by atoms with Crippen LogP contribution in [0, 0.1) is 0 Å². The number of sulfonamides is 1. The normalized spacial score (nSPS) is 12.0. The van der Waals surface area contributed by atoms with Gasteiger partial charge in [0, 0.05) is 5.56 Å². The van der Waals surface area contributed by atoms with Crippen molar-refractivity contribution in [3.8, 4) is 0 Å². The first kappa shape index (κ1) is 13.3. The Hall–Kier alpha value is -0.760. The number of nitrogens with zero attached hydrogens (tertiary/aromatic N) is 1. The third-order valence-electron chi connectivity index (χ3n) is 1.90. The van der Waals surface area contributed by atoms with E-state index in [0.29, 0.717) is 0 Å². The molecule has 0 spiro atoms. The van der Waals surface area contributed by atoms with Gasteiger partial charge in [0.15, 0.2) is 5.78 Å². The average molecular weight is 262 g/mol.